The average Bonchev–Trinajstić information content (AvgIpc) is 2.36. The van der Waals surface area contributed by atoms with Crippen LogP contribution in [0.1, 0.15) is 29.9 Å². The molecule has 0 saturated carbocycles. The van der Waals surface area contributed by atoms with Gasteiger partial charge in [-0.1, -0.05) is 12.1 Å². The van der Waals surface area contributed by atoms with Crippen molar-refractivity contribution in [2.45, 2.75) is 31.1 Å². The molecular weight excluding hydrogens is 242 g/mol. The summed E-state index contributed by atoms with van der Waals surface area (Å²) >= 11 is 0. The third-order valence-electron chi connectivity index (χ3n) is 3.41. The number of halogens is 2. The number of hydrogen-bond acceptors (Lipinski definition) is 2. The number of methoxy groups -OCH3 is 1. The average molecular weight is 256 g/mol. The first-order valence-corrected chi connectivity index (χ1v) is 5.75. The van der Waals surface area contributed by atoms with Crippen molar-refractivity contribution >= 4 is 5.97 Å². The molecule has 1 aromatic carbocycles. The molecule has 98 valence electrons. The number of carboxylic acids is 1. The quantitative estimate of drug-likeness (QED) is 0.904. The second kappa shape index (κ2) is 4.55. The molecule has 1 N–H and O–H groups in total. The molecule has 5 heteroatoms. The predicted molar refractivity (Wildman–Crippen MR) is 61.3 cm³/mol. The largest absolute Gasteiger partial charge is 0.496 e. The lowest BCUT2D eigenvalue weighted by Crippen LogP contribution is -2.37. The van der Waals surface area contributed by atoms with Crippen molar-refractivity contribution in [2.24, 2.45) is 0 Å². The van der Waals surface area contributed by atoms with Crippen molar-refractivity contribution in [2.75, 3.05) is 7.11 Å². The Balaban J connectivity index is 2.49. The molecule has 18 heavy (non-hydrogen) atoms. The van der Waals surface area contributed by atoms with Gasteiger partial charge in [0.25, 0.3) is 0 Å². The van der Waals surface area contributed by atoms with E-state index in [0.717, 1.165) is 0 Å². The third-order valence-corrected chi connectivity index (χ3v) is 3.41. The highest BCUT2D eigenvalue weighted by Gasteiger charge is 2.49. The molecule has 1 aromatic rings. The van der Waals surface area contributed by atoms with E-state index in [2.05, 4.69) is 0 Å². The monoisotopic (exact) mass is 256 g/mol. The van der Waals surface area contributed by atoms with Gasteiger partial charge in [0.05, 0.1) is 13.0 Å². The lowest BCUT2D eigenvalue weighted by molar-refractivity contribution is -0.169. The summed E-state index contributed by atoms with van der Waals surface area (Å²) in [5.41, 5.74) is 1.10. The summed E-state index contributed by atoms with van der Waals surface area (Å²) in [5, 5.41) is 8.66. The zero-order valence-electron chi connectivity index (χ0n) is 9.95. The van der Waals surface area contributed by atoms with E-state index in [1.165, 1.54) is 7.11 Å². The Hall–Kier alpha value is -1.65. The van der Waals surface area contributed by atoms with Crippen LogP contribution in [0.3, 0.4) is 0 Å². The van der Waals surface area contributed by atoms with Crippen LogP contribution in [0.25, 0.3) is 0 Å². The van der Waals surface area contributed by atoms with Gasteiger partial charge in [0.15, 0.2) is 0 Å². The molecule has 0 spiro atoms. The van der Waals surface area contributed by atoms with Gasteiger partial charge in [0.2, 0.25) is 0 Å². The van der Waals surface area contributed by atoms with Crippen LogP contribution in [0, 0.1) is 0 Å². The Morgan fingerprint density at radius 3 is 2.83 bits per heavy atom. The second-order valence-corrected chi connectivity index (χ2v) is 4.40. The van der Waals surface area contributed by atoms with Crippen LogP contribution in [-0.4, -0.2) is 24.1 Å². The van der Waals surface area contributed by atoms with E-state index in [9.17, 15) is 13.6 Å². The lowest BCUT2D eigenvalue weighted by atomic mass is 9.79. The van der Waals surface area contributed by atoms with Crippen LogP contribution in [0.4, 0.5) is 8.78 Å². The maximum Gasteiger partial charge on any atom is 0.375 e. The summed E-state index contributed by atoms with van der Waals surface area (Å²) in [4.78, 5) is 10.7. The molecule has 0 heterocycles. The third kappa shape index (κ3) is 1.94. The summed E-state index contributed by atoms with van der Waals surface area (Å²) < 4.78 is 32.6. The number of fused-ring (bicyclic) bond motifs is 1. The highest BCUT2D eigenvalue weighted by Crippen LogP contribution is 2.44. The molecule has 0 radical (unpaired) electrons. The van der Waals surface area contributed by atoms with Crippen molar-refractivity contribution in [1.82, 2.24) is 0 Å². The number of carbonyl (C=O) groups is 1. The van der Waals surface area contributed by atoms with Gasteiger partial charge in [0.1, 0.15) is 5.75 Å². The fraction of sp³-hybridized carbons (Fsp3) is 0.462. The molecule has 0 bridgehead atoms. The normalized spacial score (nSPS) is 19.2. The summed E-state index contributed by atoms with van der Waals surface area (Å²) in [6.45, 7) is 0. The summed E-state index contributed by atoms with van der Waals surface area (Å²) in [6, 6.07) is 4.90. The minimum absolute atomic E-state index is 0.180. The molecule has 2 rings (SSSR count). The van der Waals surface area contributed by atoms with E-state index in [1.807, 2.05) is 0 Å². The first-order valence-electron chi connectivity index (χ1n) is 5.75. The molecule has 0 aromatic heterocycles. The Labute approximate surface area is 103 Å². The molecule has 0 saturated heterocycles. The SMILES string of the molecule is COc1cccc2c1CCCC2C(F)(F)C(=O)O. The minimum atomic E-state index is -3.73. The zero-order valence-corrected chi connectivity index (χ0v) is 9.95. The number of hydrogen-bond donors (Lipinski definition) is 1. The number of ether oxygens (including phenoxy) is 1. The molecule has 0 amide bonds. The lowest BCUT2D eigenvalue weighted by Gasteiger charge is -2.30. The fourth-order valence-electron chi connectivity index (χ4n) is 2.53. The molecule has 1 unspecified atom stereocenters. The van der Waals surface area contributed by atoms with Crippen molar-refractivity contribution in [1.29, 1.82) is 0 Å². The highest BCUT2D eigenvalue weighted by atomic mass is 19.3. The van der Waals surface area contributed by atoms with Gasteiger partial charge in [0, 0.05) is 0 Å². The standard InChI is InChI=1S/C13H14F2O3/c1-18-11-7-3-4-8-9(11)5-2-6-10(8)13(14,15)12(16)17/h3-4,7,10H,2,5-6H2,1H3,(H,16,17). The van der Waals surface area contributed by atoms with Crippen molar-refractivity contribution < 1.29 is 23.4 Å². The molecule has 1 aliphatic rings. The fourth-order valence-corrected chi connectivity index (χ4v) is 2.53. The van der Waals surface area contributed by atoms with Crippen LogP contribution in [-0.2, 0) is 11.2 Å². The summed E-state index contributed by atoms with van der Waals surface area (Å²) in [6.07, 6.45) is 1.37. The van der Waals surface area contributed by atoms with Crippen molar-refractivity contribution in [3.8, 4) is 5.75 Å². The van der Waals surface area contributed by atoms with Gasteiger partial charge < -0.3 is 9.84 Å². The van der Waals surface area contributed by atoms with Crippen LogP contribution in [0.5, 0.6) is 5.75 Å². The Kier molecular flexibility index (Phi) is 3.24. The van der Waals surface area contributed by atoms with E-state index >= 15 is 0 Å². The molecule has 3 nitrogen and oxygen atoms in total. The van der Waals surface area contributed by atoms with Gasteiger partial charge in [-0.25, -0.2) is 4.79 Å². The van der Waals surface area contributed by atoms with Gasteiger partial charge in [-0.2, -0.15) is 8.78 Å². The predicted octanol–water partition coefficient (Wildman–Crippen LogP) is 2.84. The minimum Gasteiger partial charge on any atom is -0.496 e. The van der Waals surface area contributed by atoms with Gasteiger partial charge >= 0.3 is 11.9 Å². The number of carboxylic acid groups (broad SMARTS) is 1. The van der Waals surface area contributed by atoms with Gasteiger partial charge in [-0.05, 0) is 36.5 Å². The Bertz CT molecular complexity index is 471. The van der Waals surface area contributed by atoms with Crippen LogP contribution in [0.2, 0.25) is 0 Å². The highest BCUT2D eigenvalue weighted by molar-refractivity contribution is 5.77. The summed E-state index contributed by atoms with van der Waals surface area (Å²) in [7, 11) is 1.48. The first kappa shape index (κ1) is 12.8. The van der Waals surface area contributed by atoms with E-state index < -0.39 is 17.8 Å². The van der Waals surface area contributed by atoms with Gasteiger partial charge in [-0.3, -0.25) is 0 Å². The molecule has 1 aliphatic carbocycles. The van der Waals surface area contributed by atoms with Crippen LogP contribution in [0.15, 0.2) is 18.2 Å². The van der Waals surface area contributed by atoms with E-state index in [0.29, 0.717) is 29.7 Å². The van der Waals surface area contributed by atoms with E-state index in [-0.39, 0.29) is 6.42 Å². The smallest absolute Gasteiger partial charge is 0.375 e. The van der Waals surface area contributed by atoms with Crippen molar-refractivity contribution in [3.63, 3.8) is 0 Å². The topological polar surface area (TPSA) is 46.5 Å². The van der Waals surface area contributed by atoms with E-state index in [1.54, 1.807) is 18.2 Å². The van der Waals surface area contributed by atoms with E-state index in [4.69, 9.17) is 9.84 Å². The van der Waals surface area contributed by atoms with Crippen LogP contribution < -0.4 is 4.74 Å². The van der Waals surface area contributed by atoms with Crippen molar-refractivity contribution in [3.05, 3.63) is 29.3 Å². The number of aliphatic carboxylic acids is 1. The Morgan fingerprint density at radius 2 is 2.22 bits per heavy atom. The first-order chi connectivity index (χ1) is 8.48. The maximum atomic E-state index is 13.7. The number of rotatable bonds is 3. The molecule has 0 fully saturated rings. The molecule has 1 atom stereocenters. The molecular formula is C13H14F2O3. The zero-order chi connectivity index (χ0) is 13.3. The second-order valence-electron chi connectivity index (χ2n) is 4.40. The van der Waals surface area contributed by atoms with Gasteiger partial charge in [-0.15, -0.1) is 0 Å². The Morgan fingerprint density at radius 1 is 1.50 bits per heavy atom. The molecule has 0 aliphatic heterocycles. The number of benzene rings is 1. The number of alkyl halides is 2. The summed E-state index contributed by atoms with van der Waals surface area (Å²) in [5.74, 6) is -6.52. The van der Waals surface area contributed by atoms with Crippen LogP contribution >= 0.6 is 0 Å². The maximum absolute atomic E-state index is 13.7.